The van der Waals surface area contributed by atoms with Crippen molar-refractivity contribution in [1.82, 2.24) is 14.0 Å². The number of unbranched alkanes of at least 4 members (excludes halogenated alkanes) is 1. The van der Waals surface area contributed by atoms with Gasteiger partial charge >= 0.3 is 5.69 Å². The summed E-state index contributed by atoms with van der Waals surface area (Å²) in [5.41, 5.74) is 0.180. The van der Waals surface area contributed by atoms with E-state index >= 15 is 0 Å². The third-order valence-electron chi connectivity index (χ3n) is 4.58. The molecule has 1 aromatic carbocycles. The van der Waals surface area contributed by atoms with Crippen LogP contribution in [0.15, 0.2) is 51.4 Å². The molecule has 7 heteroatoms. The number of nitrogens with zero attached hydrogens (tertiary/aromatic N) is 3. The summed E-state index contributed by atoms with van der Waals surface area (Å²) in [7, 11) is 0. The second kappa shape index (κ2) is 8.35. The monoisotopic (exact) mass is 385 g/mol. The predicted octanol–water partition coefficient (Wildman–Crippen LogP) is 2.86. The number of carbonyl (C=O) groups excluding carboxylic acids is 1. The highest BCUT2D eigenvalue weighted by atomic mass is 32.1. The lowest BCUT2D eigenvalue weighted by molar-refractivity contribution is -0.131. The van der Waals surface area contributed by atoms with E-state index in [-0.39, 0.29) is 18.0 Å². The topological polar surface area (TPSA) is 64.3 Å². The quantitative estimate of drug-likeness (QED) is 0.628. The first kappa shape index (κ1) is 19.1. The number of para-hydroxylation sites is 1. The number of carbonyl (C=O) groups is 1. The molecule has 142 valence electrons. The van der Waals surface area contributed by atoms with Crippen LogP contribution in [0.1, 0.15) is 26.7 Å². The van der Waals surface area contributed by atoms with Gasteiger partial charge in [0.15, 0.2) is 0 Å². The van der Waals surface area contributed by atoms with Gasteiger partial charge in [0.2, 0.25) is 5.91 Å². The van der Waals surface area contributed by atoms with Crippen molar-refractivity contribution < 1.29 is 4.79 Å². The molecule has 0 aliphatic rings. The van der Waals surface area contributed by atoms with Gasteiger partial charge in [-0.1, -0.05) is 31.5 Å². The Labute approximate surface area is 161 Å². The fraction of sp³-hybridized carbons (Fsp3) is 0.350. The molecule has 2 aromatic heterocycles. The highest BCUT2D eigenvalue weighted by Gasteiger charge is 2.19. The molecule has 0 N–H and O–H groups in total. The Morgan fingerprint density at radius 1 is 1.11 bits per heavy atom. The number of benzene rings is 1. The number of rotatable bonds is 7. The summed E-state index contributed by atoms with van der Waals surface area (Å²) in [4.78, 5) is 40.5. The molecule has 0 bridgehead atoms. The molecule has 3 rings (SSSR count). The Balaban J connectivity index is 2.11. The molecule has 3 aromatic rings. The summed E-state index contributed by atoms with van der Waals surface area (Å²) < 4.78 is 3.04. The number of thiophene rings is 1. The summed E-state index contributed by atoms with van der Waals surface area (Å²) in [6.45, 7) is 5.20. The van der Waals surface area contributed by atoms with Crippen molar-refractivity contribution in [2.45, 2.75) is 33.2 Å². The van der Waals surface area contributed by atoms with Gasteiger partial charge in [-0.3, -0.25) is 14.2 Å². The van der Waals surface area contributed by atoms with E-state index in [2.05, 4.69) is 6.92 Å². The Kier molecular flexibility index (Phi) is 5.91. The first-order valence-electron chi connectivity index (χ1n) is 9.14. The van der Waals surface area contributed by atoms with Crippen LogP contribution in [0.2, 0.25) is 0 Å². The van der Waals surface area contributed by atoms with E-state index in [1.54, 1.807) is 40.6 Å². The zero-order chi connectivity index (χ0) is 19.4. The lowest BCUT2D eigenvalue weighted by atomic mass is 10.3. The van der Waals surface area contributed by atoms with Crippen LogP contribution in [-0.2, 0) is 11.3 Å². The predicted molar refractivity (Wildman–Crippen MR) is 109 cm³/mol. The van der Waals surface area contributed by atoms with Gasteiger partial charge in [0.1, 0.15) is 11.2 Å². The molecule has 0 unspecified atom stereocenters. The van der Waals surface area contributed by atoms with Crippen LogP contribution in [-0.4, -0.2) is 33.0 Å². The number of aromatic nitrogens is 2. The Hall–Kier alpha value is -2.67. The Morgan fingerprint density at radius 2 is 1.85 bits per heavy atom. The minimum atomic E-state index is -0.489. The van der Waals surface area contributed by atoms with Crippen molar-refractivity contribution >= 4 is 27.5 Å². The van der Waals surface area contributed by atoms with E-state index in [4.69, 9.17) is 0 Å². The van der Waals surface area contributed by atoms with Crippen LogP contribution in [0.3, 0.4) is 0 Å². The van der Waals surface area contributed by atoms with E-state index in [9.17, 15) is 14.4 Å². The van der Waals surface area contributed by atoms with Crippen LogP contribution in [0.25, 0.3) is 15.9 Å². The summed E-state index contributed by atoms with van der Waals surface area (Å²) in [5, 5.41) is 1.77. The molecule has 6 nitrogen and oxygen atoms in total. The maximum absolute atomic E-state index is 13.1. The van der Waals surface area contributed by atoms with E-state index in [1.807, 2.05) is 13.0 Å². The van der Waals surface area contributed by atoms with Gasteiger partial charge in [-0.05, 0) is 36.9 Å². The number of hydrogen-bond donors (Lipinski definition) is 0. The molecular weight excluding hydrogens is 362 g/mol. The van der Waals surface area contributed by atoms with Crippen LogP contribution < -0.4 is 11.2 Å². The van der Waals surface area contributed by atoms with Crippen molar-refractivity contribution in [3.63, 3.8) is 0 Å². The first-order valence-corrected chi connectivity index (χ1v) is 10.0. The summed E-state index contributed by atoms with van der Waals surface area (Å²) in [6.07, 6.45) is 1.92. The molecular formula is C20H23N3O3S. The molecule has 0 saturated carbocycles. The van der Waals surface area contributed by atoms with Crippen molar-refractivity contribution in [3.05, 3.63) is 62.6 Å². The molecule has 2 heterocycles. The molecule has 0 aliphatic heterocycles. The largest absolute Gasteiger partial charge is 0.341 e. The fourth-order valence-corrected chi connectivity index (χ4v) is 3.91. The normalized spacial score (nSPS) is 11.0. The maximum Gasteiger partial charge on any atom is 0.336 e. The van der Waals surface area contributed by atoms with Crippen molar-refractivity contribution in [3.8, 4) is 5.69 Å². The number of amides is 1. The highest BCUT2D eigenvalue weighted by Crippen LogP contribution is 2.16. The minimum absolute atomic E-state index is 0.0727. The van der Waals surface area contributed by atoms with Crippen LogP contribution in [0.5, 0.6) is 0 Å². The molecule has 0 saturated heterocycles. The second-order valence-electron chi connectivity index (χ2n) is 6.31. The van der Waals surface area contributed by atoms with Gasteiger partial charge in [0.25, 0.3) is 5.56 Å². The maximum atomic E-state index is 13.1. The van der Waals surface area contributed by atoms with Gasteiger partial charge in [0.05, 0.1) is 11.2 Å². The number of fused-ring (bicyclic) bond motifs is 1. The van der Waals surface area contributed by atoms with Crippen LogP contribution >= 0.6 is 11.3 Å². The summed E-state index contributed by atoms with van der Waals surface area (Å²) in [6, 6.07) is 10.5. The van der Waals surface area contributed by atoms with Crippen molar-refractivity contribution in [1.29, 1.82) is 0 Å². The third kappa shape index (κ3) is 3.73. The fourth-order valence-electron chi connectivity index (χ4n) is 3.09. The molecule has 0 fully saturated rings. The first-order chi connectivity index (χ1) is 13.1. The second-order valence-corrected chi connectivity index (χ2v) is 7.22. The average molecular weight is 385 g/mol. The average Bonchev–Trinajstić information content (AvgIpc) is 3.17. The Morgan fingerprint density at radius 3 is 2.52 bits per heavy atom. The van der Waals surface area contributed by atoms with E-state index in [0.717, 1.165) is 17.4 Å². The van der Waals surface area contributed by atoms with Gasteiger partial charge < -0.3 is 4.90 Å². The van der Waals surface area contributed by atoms with Crippen LogP contribution in [0, 0.1) is 0 Å². The lowest BCUT2D eigenvalue weighted by Gasteiger charge is -2.21. The molecule has 1 amide bonds. The molecule has 0 radical (unpaired) electrons. The van der Waals surface area contributed by atoms with E-state index in [1.165, 1.54) is 15.9 Å². The zero-order valence-electron chi connectivity index (χ0n) is 15.6. The summed E-state index contributed by atoms with van der Waals surface area (Å²) >= 11 is 1.28. The zero-order valence-corrected chi connectivity index (χ0v) is 16.4. The van der Waals surface area contributed by atoms with Crippen molar-refractivity contribution in [2.24, 2.45) is 0 Å². The van der Waals surface area contributed by atoms with Crippen LogP contribution in [0.4, 0.5) is 0 Å². The van der Waals surface area contributed by atoms with Crippen molar-refractivity contribution in [2.75, 3.05) is 13.1 Å². The number of hydrogen-bond acceptors (Lipinski definition) is 4. The van der Waals surface area contributed by atoms with Gasteiger partial charge in [-0.15, -0.1) is 11.3 Å². The third-order valence-corrected chi connectivity index (χ3v) is 5.47. The molecule has 0 aliphatic carbocycles. The van der Waals surface area contributed by atoms with E-state index in [0.29, 0.717) is 29.0 Å². The van der Waals surface area contributed by atoms with Gasteiger partial charge in [-0.25, -0.2) is 9.36 Å². The molecule has 0 atom stereocenters. The molecule has 0 spiro atoms. The van der Waals surface area contributed by atoms with Gasteiger partial charge in [-0.2, -0.15) is 0 Å². The SMILES string of the molecule is CCCCN(CC)C(=O)Cn1c(=O)n(-c2ccccc2)c(=O)c2sccc21. The highest BCUT2D eigenvalue weighted by molar-refractivity contribution is 7.17. The molecule has 27 heavy (non-hydrogen) atoms. The minimum Gasteiger partial charge on any atom is -0.341 e. The Bertz CT molecular complexity index is 1050. The smallest absolute Gasteiger partial charge is 0.336 e. The number of likely N-dealkylation sites (N-methyl/N-ethyl adjacent to an activating group) is 1. The lowest BCUT2D eigenvalue weighted by Crippen LogP contribution is -2.42. The van der Waals surface area contributed by atoms with E-state index < -0.39 is 5.69 Å². The van der Waals surface area contributed by atoms with Gasteiger partial charge in [0, 0.05) is 13.1 Å². The standard InChI is InChI=1S/C20H23N3O3S/c1-3-5-12-21(4-2)17(24)14-22-16-11-13-27-18(16)19(25)23(20(22)26)15-9-7-6-8-10-15/h6-11,13H,3-5,12,14H2,1-2H3. The summed E-state index contributed by atoms with van der Waals surface area (Å²) in [5.74, 6) is -0.112.